The van der Waals surface area contributed by atoms with E-state index in [4.69, 9.17) is 14.2 Å². The van der Waals surface area contributed by atoms with Gasteiger partial charge in [-0.3, -0.25) is 4.79 Å². The van der Waals surface area contributed by atoms with Crippen LogP contribution in [0.15, 0.2) is 42.5 Å². The Morgan fingerprint density at radius 3 is 2.42 bits per heavy atom. The molecule has 5 nitrogen and oxygen atoms in total. The average molecular weight is 329 g/mol. The summed E-state index contributed by atoms with van der Waals surface area (Å²) in [5, 5.41) is 2.91. The number of hydrogen-bond donors (Lipinski definition) is 1. The number of amides is 1. The van der Waals surface area contributed by atoms with E-state index in [1.54, 1.807) is 25.3 Å². The summed E-state index contributed by atoms with van der Waals surface area (Å²) in [7, 11) is 3.10. The zero-order valence-electron chi connectivity index (χ0n) is 14.5. The van der Waals surface area contributed by atoms with E-state index in [9.17, 15) is 4.79 Å². The maximum Gasteiger partial charge on any atom is 0.251 e. The van der Waals surface area contributed by atoms with Crippen molar-refractivity contribution in [1.29, 1.82) is 0 Å². The van der Waals surface area contributed by atoms with Crippen molar-refractivity contribution in [2.75, 3.05) is 20.8 Å². The number of benzene rings is 2. The molecule has 2 aromatic rings. The van der Waals surface area contributed by atoms with E-state index in [-0.39, 0.29) is 11.9 Å². The maximum absolute atomic E-state index is 12.3. The topological polar surface area (TPSA) is 56.8 Å². The SMILES string of the molecule is COc1ccc(C(=O)N[C@H](C)COc2ccccc2C)cc1OC. The van der Waals surface area contributed by atoms with E-state index in [2.05, 4.69) is 5.32 Å². The lowest BCUT2D eigenvalue weighted by Gasteiger charge is -2.16. The van der Waals surface area contributed by atoms with Gasteiger partial charge in [0.25, 0.3) is 5.91 Å². The van der Waals surface area contributed by atoms with E-state index in [1.165, 1.54) is 7.11 Å². The number of carbonyl (C=O) groups excluding carboxylic acids is 1. The van der Waals surface area contributed by atoms with Crippen molar-refractivity contribution in [3.63, 3.8) is 0 Å². The van der Waals surface area contributed by atoms with Crippen molar-refractivity contribution in [3.8, 4) is 17.2 Å². The molecule has 0 aliphatic carbocycles. The molecule has 0 aliphatic rings. The van der Waals surface area contributed by atoms with Gasteiger partial charge in [0.1, 0.15) is 12.4 Å². The maximum atomic E-state index is 12.3. The van der Waals surface area contributed by atoms with Crippen LogP contribution in [0.1, 0.15) is 22.8 Å². The average Bonchev–Trinajstić information content (AvgIpc) is 2.60. The van der Waals surface area contributed by atoms with Crippen LogP contribution >= 0.6 is 0 Å². The third-order valence-electron chi connectivity index (χ3n) is 3.61. The van der Waals surface area contributed by atoms with Gasteiger partial charge in [-0.2, -0.15) is 0 Å². The molecule has 5 heteroatoms. The van der Waals surface area contributed by atoms with Crippen LogP contribution in [0.2, 0.25) is 0 Å². The Balaban J connectivity index is 1.95. The minimum absolute atomic E-state index is 0.134. The fourth-order valence-electron chi connectivity index (χ4n) is 2.26. The summed E-state index contributed by atoms with van der Waals surface area (Å²) in [6, 6.07) is 12.7. The highest BCUT2D eigenvalue weighted by Crippen LogP contribution is 2.27. The van der Waals surface area contributed by atoms with Gasteiger partial charge in [-0.05, 0) is 43.7 Å². The van der Waals surface area contributed by atoms with Crippen LogP contribution < -0.4 is 19.5 Å². The molecule has 0 radical (unpaired) electrons. The molecule has 0 aliphatic heterocycles. The Morgan fingerprint density at radius 2 is 1.75 bits per heavy atom. The van der Waals surface area contributed by atoms with Gasteiger partial charge < -0.3 is 19.5 Å². The van der Waals surface area contributed by atoms with Crippen LogP contribution in [0.25, 0.3) is 0 Å². The second kappa shape index (κ2) is 8.24. The molecule has 2 rings (SSSR count). The molecule has 0 aromatic heterocycles. The van der Waals surface area contributed by atoms with Crippen molar-refractivity contribution >= 4 is 5.91 Å². The second-order valence-corrected chi connectivity index (χ2v) is 5.52. The van der Waals surface area contributed by atoms with E-state index in [0.29, 0.717) is 23.7 Å². The summed E-state index contributed by atoms with van der Waals surface area (Å²) >= 11 is 0. The van der Waals surface area contributed by atoms with E-state index in [1.807, 2.05) is 38.1 Å². The number of nitrogens with one attached hydrogen (secondary N) is 1. The number of ether oxygens (including phenoxy) is 3. The molecule has 0 unspecified atom stereocenters. The molecule has 2 aromatic carbocycles. The summed E-state index contributed by atoms with van der Waals surface area (Å²) in [5.74, 6) is 1.75. The molecule has 0 bridgehead atoms. The Morgan fingerprint density at radius 1 is 1.04 bits per heavy atom. The van der Waals surface area contributed by atoms with Crippen molar-refractivity contribution in [2.45, 2.75) is 19.9 Å². The number of carbonyl (C=O) groups is 1. The first-order chi connectivity index (χ1) is 11.5. The smallest absolute Gasteiger partial charge is 0.251 e. The predicted molar refractivity (Wildman–Crippen MR) is 93.1 cm³/mol. The molecule has 0 heterocycles. The number of rotatable bonds is 7. The molecular formula is C19H23NO4. The fourth-order valence-corrected chi connectivity index (χ4v) is 2.26. The summed E-state index contributed by atoms with van der Waals surface area (Å²) in [4.78, 5) is 12.3. The van der Waals surface area contributed by atoms with E-state index < -0.39 is 0 Å². The predicted octanol–water partition coefficient (Wildman–Crippen LogP) is 3.21. The summed E-state index contributed by atoms with van der Waals surface area (Å²) in [6.45, 7) is 4.28. The standard InChI is InChI=1S/C19H23NO4/c1-13-7-5-6-8-16(13)24-12-14(2)20-19(21)15-9-10-17(22-3)18(11-15)23-4/h5-11,14H,12H2,1-4H3,(H,20,21)/t14-/m1/s1. The van der Waals surface area contributed by atoms with Gasteiger partial charge in [0.2, 0.25) is 0 Å². The molecule has 128 valence electrons. The first kappa shape index (κ1) is 17.7. The minimum Gasteiger partial charge on any atom is -0.493 e. The van der Waals surface area contributed by atoms with E-state index in [0.717, 1.165) is 11.3 Å². The van der Waals surface area contributed by atoms with Crippen LogP contribution in [0.3, 0.4) is 0 Å². The van der Waals surface area contributed by atoms with Crippen LogP contribution in [-0.2, 0) is 0 Å². The molecule has 1 atom stereocenters. The minimum atomic E-state index is -0.183. The van der Waals surface area contributed by atoms with Gasteiger partial charge in [0.15, 0.2) is 11.5 Å². The molecule has 1 amide bonds. The largest absolute Gasteiger partial charge is 0.493 e. The summed E-state index contributed by atoms with van der Waals surface area (Å²) < 4.78 is 16.2. The van der Waals surface area contributed by atoms with Crippen molar-refractivity contribution < 1.29 is 19.0 Å². The number of methoxy groups -OCH3 is 2. The van der Waals surface area contributed by atoms with Crippen molar-refractivity contribution in [2.24, 2.45) is 0 Å². The Bertz CT molecular complexity index is 700. The Labute approximate surface area is 142 Å². The molecular weight excluding hydrogens is 306 g/mol. The lowest BCUT2D eigenvalue weighted by atomic mass is 10.1. The highest BCUT2D eigenvalue weighted by Gasteiger charge is 2.13. The first-order valence-corrected chi connectivity index (χ1v) is 7.76. The molecule has 0 spiro atoms. The fraction of sp³-hybridized carbons (Fsp3) is 0.316. The Kier molecular flexibility index (Phi) is 6.07. The van der Waals surface area contributed by atoms with Crippen LogP contribution in [-0.4, -0.2) is 32.8 Å². The molecule has 0 saturated carbocycles. The normalized spacial score (nSPS) is 11.5. The molecule has 0 saturated heterocycles. The monoisotopic (exact) mass is 329 g/mol. The van der Waals surface area contributed by atoms with E-state index >= 15 is 0 Å². The van der Waals surface area contributed by atoms with Crippen LogP contribution in [0.4, 0.5) is 0 Å². The van der Waals surface area contributed by atoms with Gasteiger partial charge in [0.05, 0.1) is 20.3 Å². The number of aryl methyl sites for hydroxylation is 1. The number of hydrogen-bond acceptors (Lipinski definition) is 4. The molecule has 0 fully saturated rings. The summed E-state index contributed by atoms with van der Waals surface area (Å²) in [5.41, 5.74) is 1.58. The lowest BCUT2D eigenvalue weighted by Crippen LogP contribution is -2.36. The Hall–Kier alpha value is -2.69. The van der Waals surface area contributed by atoms with Gasteiger partial charge >= 0.3 is 0 Å². The highest BCUT2D eigenvalue weighted by molar-refractivity contribution is 5.95. The third kappa shape index (κ3) is 4.41. The number of para-hydroxylation sites is 1. The van der Waals surface area contributed by atoms with Gasteiger partial charge in [0, 0.05) is 5.56 Å². The van der Waals surface area contributed by atoms with Gasteiger partial charge in [-0.15, -0.1) is 0 Å². The quantitative estimate of drug-likeness (QED) is 0.847. The summed E-state index contributed by atoms with van der Waals surface area (Å²) in [6.07, 6.45) is 0. The van der Waals surface area contributed by atoms with Crippen molar-refractivity contribution in [1.82, 2.24) is 5.32 Å². The molecule has 24 heavy (non-hydrogen) atoms. The lowest BCUT2D eigenvalue weighted by molar-refractivity contribution is 0.0926. The zero-order chi connectivity index (χ0) is 17.5. The van der Waals surface area contributed by atoms with Crippen LogP contribution in [0.5, 0.6) is 17.2 Å². The first-order valence-electron chi connectivity index (χ1n) is 7.76. The van der Waals surface area contributed by atoms with Crippen LogP contribution in [0, 0.1) is 6.92 Å². The zero-order valence-corrected chi connectivity index (χ0v) is 14.5. The third-order valence-corrected chi connectivity index (χ3v) is 3.61. The van der Waals surface area contributed by atoms with Gasteiger partial charge in [-0.25, -0.2) is 0 Å². The molecule has 1 N–H and O–H groups in total. The second-order valence-electron chi connectivity index (χ2n) is 5.52. The van der Waals surface area contributed by atoms with Gasteiger partial charge in [-0.1, -0.05) is 18.2 Å². The highest BCUT2D eigenvalue weighted by atomic mass is 16.5. The van der Waals surface area contributed by atoms with Crippen molar-refractivity contribution in [3.05, 3.63) is 53.6 Å².